The first-order chi connectivity index (χ1) is 12.7. The van der Waals surface area contributed by atoms with Crippen LogP contribution in [0, 0.1) is 0 Å². The van der Waals surface area contributed by atoms with Crippen LogP contribution >= 0.6 is 34.5 Å². The Bertz CT molecular complexity index is 1010. The van der Waals surface area contributed by atoms with E-state index in [0.717, 1.165) is 21.8 Å². The van der Waals surface area contributed by atoms with Crippen LogP contribution in [0.25, 0.3) is 21.8 Å². The molecular weight excluding hydrogens is 387 g/mol. The normalized spacial score (nSPS) is 10.7. The maximum Gasteiger partial charge on any atom is 0.219 e. The average molecular weight is 399 g/mol. The number of thiazole rings is 1. The molecule has 0 saturated carbocycles. The molecule has 26 heavy (non-hydrogen) atoms. The number of halogens is 2. The van der Waals surface area contributed by atoms with E-state index in [9.17, 15) is 0 Å². The lowest BCUT2D eigenvalue weighted by molar-refractivity contribution is 0.463. The van der Waals surface area contributed by atoms with Gasteiger partial charge in [0.1, 0.15) is 10.8 Å². The minimum Gasteiger partial charge on any atom is -0.439 e. The number of hydrogen-bond acceptors (Lipinski definition) is 4. The molecule has 0 saturated heterocycles. The number of rotatable bonds is 4. The summed E-state index contributed by atoms with van der Waals surface area (Å²) in [7, 11) is 0. The van der Waals surface area contributed by atoms with Crippen molar-refractivity contribution in [2.24, 2.45) is 0 Å². The van der Waals surface area contributed by atoms with E-state index in [1.54, 1.807) is 41.8 Å². The largest absolute Gasteiger partial charge is 0.439 e. The van der Waals surface area contributed by atoms with Crippen molar-refractivity contribution in [1.82, 2.24) is 9.97 Å². The fraction of sp³-hybridized carbons (Fsp3) is 0. The summed E-state index contributed by atoms with van der Waals surface area (Å²) in [5.41, 5.74) is 2.90. The first-order valence-electron chi connectivity index (χ1n) is 7.79. The zero-order chi connectivity index (χ0) is 17.9. The SMILES string of the molecule is Clc1ccc(Oc2ccc(-c3nc(-c4ccc(Cl)cc4)cs3)cn2)cc1. The molecular formula is C20H12Cl2N2OS. The quantitative estimate of drug-likeness (QED) is 0.372. The smallest absolute Gasteiger partial charge is 0.219 e. The van der Waals surface area contributed by atoms with Crippen LogP contribution in [0.3, 0.4) is 0 Å². The molecule has 128 valence electrons. The number of nitrogens with zero attached hydrogens (tertiary/aromatic N) is 2. The average Bonchev–Trinajstić information content (AvgIpc) is 3.15. The predicted octanol–water partition coefficient (Wildman–Crippen LogP) is 6.97. The van der Waals surface area contributed by atoms with Gasteiger partial charge in [0.25, 0.3) is 0 Å². The summed E-state index contributed by atoms with van der Waals surface area (Å²) >= 11 is 13.4. The molecule has 0 unspecified atom stereocenters. The van der Waals surface area contributed by atoms with Crippen LogP contribution in [0.5, 0.6) is 11.6 Å². The zero-order valence-corrected chi connectivity index (χ0v) is 15.7. The monoisotopic (exact) mass is 398 g/mol. The second-order valence-corrected chi connectivity index (χ2v) is 7.22. The highest BCUT2D eigenvalue weighted by Crippen LogP contribution is 2.30. The molecule has 0 bridgehead atoms. The molecule has 0 atom stereocenters. The van der Waals surface area contributed by atoms with Crippen molar-refractivity contribution in [3.05, 3.63) is 82.3 Å². The van der Waals surface area contributed by atoms with E-state index in [1.807, 2.05) is 41.8 Å². The van der Waals surface area contributed by atoms with Crippen molar-refractivity contribution in [1.29, 1.82) is 0 Å². The molecule has 0 aliphatic rings. The van der Waals surface area contributed by atoms with Crippen LogP contribution in [0.2, 0.25) is 10.0 Å². The summed E-state index contributed by atoms with van der Waals surface area (Å²) in [6.07, 6.45) is 1.76. The van der Waals surface area contributed by atoms with E-state index >= 15 is 0 Å². The Kier molecular flexibility index (Phi) is 4.89. The van der Waals surface area contributed by atoms with E-state index in [2.05, 4.69) is 9.97 Å². The fourth-order valence-corrected chi connectivity index (χ4v) is 3.42. The summed E-state index contributed by atoms with van der Waals surface area (Å²) in [5, 5.41) is 4.31. The number of ether oxygens (including phenoxy) is 1. The highest BCUT2D eigenvalue weighted by molar-refractivity contribution is 7.13. The molecule has 0 N–H and O–H groups in total. The summed E-state index contributed by atoms with van der Waals surface area (Å²) < 4.78 is 5.71. The van der Waals surface area contributed by atoms with Gasteiger partial charge in [-0.3, -0.25) is 0 Å². The van der Waals surface area contributed by atoms with E-state index in [4.69, 9.17) is 27.9 Å². The third kappa shape index (κ3) is 3.88. The molecule has 0 aliphatic carbocycles. The molecule has 4 rings (SSSR count). The van der Waals surface area contributed by atoms with Gasteiger partial charge in [0.2, 0.25) is 5.88 Å². The molecule has 0 radical (unpaired) electrons. The van der Waals surface area contributed by atoms with Gasteiger partial charge in [-0.2, -0.15) is 0 Å². The molecule has 0 fully saturated rings. The van der Waals surface area contributed by atoms with Gasteiger partial charge in [-0.05, 0) is 42.5 Å². The Labute approximate surface area is 164 Å². The number of aromatic nitrogens is 2. The van der Waals surface area contributed by atoms with Crippen molar-refractivity contribution >= 4 is 34.5 Å². The maximum absolute atomic E-state index is 5.94. The van der Waals surface area contributed by atoms with Crippen molar-refractivity contribution < 1.29 is 4.74 Å². The van der Waals surface area contributed by atoms with E-state index < -0.39 is 0 Å². The minimum absolute atomic E-state index is 0.519. The van der Waals surface area contributed by atoms with Crippen molar-refractivity contribution in [3.63, 3.8) is 0 Å². The number of pyridine rings is 1. The van der Waals surface area contributed by atoms with Gasteiger partial charge in [-0.25, -0.2) is 9.97 Å². The lowest BCUT2D eigenvalue weighted by atomic mass is 10.2. The minimum atomic E-state index is 0.519. The van der Waals surface area contributed by atoms with Gasteiger partial charge in [-0.15, -0.1) is 11.3 Å². The van der Waals surface area contributed by atoms with Gasteiger partial charge in [0.05, 0.1) is 5.69 Å². The van der Waals surface area contributed by atoms with E-state index in [0.29, 0.717) is 21.7 Å². The van der Waals surface area contributed by atoms with Crippen LogP contribution in [-0.4, -0.2) is 9.97 Å². The Morgan fingerprint density at radius 1 is 0.769 bits per heavy atom. The molecule has 4 aromatic rings. The van der Waals surface area contributed by atoms with Gasteiger partial charge >= 0.3 is 0 Å². The Balaban J connectivity index is 1.52. The third-order valence-corrected chi connectivity index (χ3v) is 5.06. The van der Waals surface area contributed by atoms with Crippen molar-refractivity contribution in [2.45, 2.75) is 0 Å². The standard InChI is InChI=1S/C20H12Cl2N2OS/c21-15-4-1-13(2-5-15)18-12-26-20(24-18)14-3-10-19(23-11-14)25-17-8-6-16(22)7-9-17/h1-12H. The first-order valence-corrected chi connectivity index (χ1v) is 9.42. The predicted molar refractivity (Wildman–Crippen MR) is 107 cm³/mol. The first kappa shape index (κ1) is 17.0. The van der Waals surface area contributed by atoms with E-state index in [-0.39, 0.29) is 0 Å². The van der Waals surface area contributed by atoms with Crippen LogP contribution in [0.4, 0.5) is 0 Å². The van der Waals surface area contributed by atoms with Gasteiger partial charge < -0.3 is 4.74 Å². The zero-order valence-electron chi connectivity index (χ0n) is 13.4. The molecule has 2 aromatic heterocycles. The number of hydrogen-bond donors (Lipinski definition) is 0. The second kappa shape index (κ2) is 7.46. The molecule has 0 spiro atoms. The summed E-state index contributed by atoms with van der Waals surface area (Å²) in [6.45, 7) is 0. The fourth-order valence-electron chi connectivity index (χ4n) is 2.35. The highest BCUT2D eigenvalue weighted by Gasteiger charge is 2.08. The summed E-state index contributed by atoms with van der Waals surface area (Å²) in [5.74, 6) is 1.21. The maximum atomic E-state index is 5.94. The van der Waals surface area contributed by atoms with Gasteiger partial charge in [0.15, 0.2) is 0 Å². The van der Waals surface area contributed by atoms with E-state index in [1.165, 1.54) is 0 Å². The van der Waals surface area contributed by atoms with Crippen LogP contribution in [0.15, 0.2) is 72.2 Å². The number of benzene rings is 2. The molecule has 2 aromatic carbocycles. The second-order valence-electron chi connectivity index (χ2n) is 5.49. The Morgan fingerprint density at radius 2 is 1.42 bits per heavy atom. The van der Waals surface area contributed by atoms with Crippen LogP contribution in [0.1, 0.15) is 0 Å². The van der Waals surface area contributed by atoms with Crippen LogP contribution in [-0.2, 0) is 0 Å². The Hall–Kier alpha value is -2.40. The highest BCUT2D eigenvalue weighted by atomic mass is 35.5. The summed E-state index contributed by atoms with van der Waals surface area (Å²) in [6, 6.07) is 18.6. The summed E-state index contributed by atoms with van der Waals surface area (Å²) in [4.78, 5) is 9.04. The molecule has 0 aliphatic heterocycles. The van der Waals surface area contributed by atoms with Crippen LogP contribution < -0.4 is 4.74 Å². The van der Waals surface area contributed by atoms with Gasteiger partial charge in [0, 0.05) is 38.8 Å². The van der Waals surface area contributed by atoms with Gasteiger partial charge in [-0.1, -0.05) is 35.3 Å². The Morgan fingerprint density at radius 3 is 2.08 bits per heavy atom. The molecule has 0 amide bonds. The molecule has 6 heteroatoms. The molecule has 2 heterocycles. The topological polar surface area (TPSA) is 35.0 Å². The lowest BCUT2D eigenvalue weighted by Crippen LogP contribution is -1.88. The van der Waals surface area contributed by atoms with Crippen molar-refractivity contribution in [3.8, 4) is 33.5 Å². The van der Waals surface area contributed by atoms with Crippen molar-refractivity contribution in [2.75, 3.05) is 0 Å². The lowest BCUT2D eigenvalue weighted by Gasteiger charge is -2.05. The third-order valence-electron chi connectivity index (χ3n) is 3.66. The molecule has 3 nitrogen and oxygen atoms in total.